The maximum Gasteiger partial charge on any atom is 0.313 e. The van der Waals surface area contributed by atoms with E-state index in [4.69, 9.17) is 4.74 Å². The third kappa shape index (κ3) is 4.73. The van der Waals surface area contributed by atoms with Crippen LogP contribution in [0.1, 0.15) is 56.9 Å². The van der Waals surface area contributed by atoms with Crippen LogP contribution >= 0.6 is 12.4 Å². The Morgan fingerprint density at radius 2 is 1.88 bits per heavy atom. The first-order chi connectivity index (χ1) is 11.3. The minimum atomic E-state index is -0.0744. The van der Waals surface area contributed by atoms with E-state index >= 15 is 0 Å². The Hall–Kier alpha value is -1.06. The van der Waals surface area contributed by atoms with E-state index in [0.29, 0.717) is 18.6 Å². The Morgan fingerprint density at radius 3 is 2.50 bits per heavy atom. The van der Waals surface area contributed by atoms with Crippen LogP contribution in [0.2, 0.25) is 0 Å². The first-order valence-electron chi connectivity index (χ1n) is 9.21. The molecule has 2 atom stereocenters. The molecule has 1 aromatic rings. The molecule has 1 saturated heterocycles. The van der Waals surface area contributed by atoms with E-state index in [9.17, 15) is 4.79 Å². The number of esters is 1. The van der Waals surface area contributed by atoms with Gasteiger partial charge in [0.2, 0.25) is 0 Å². The molecule has 1 heterocycles. The zero-order chi connectivity index (χ0) is 16.1. The normalized spacial score (nSPS) is 23.0. The predicted molar refractivity (Wildman–Crippen MR) is 99.6 cm³/mol. The molecule has 4 heteroatoms. The first-order valence-corrected chi connectivity index (χ1v) is 9.21. The van der Waals surface area contributed by atoms with Crippen LogP contribution in [0, 0.1) is 5.92 Å². The molecular formula is C20H30ClNO2. The zero-order valence-corrected chi connectivity index (χ0v) is 15.5. The summed E-state index contributed by atoms with van der Waals surface area (Å²) >= 11 is 0. The molecule has 2 fully saturated rings. The fourth-order valence-electron chi connectivity index (χ4n) is 4.23. The number of benzene rings is 1. The molecule has 1 aromatic carbocycles. The van der Waals surface area contributed by atoms with Crippen molar-refractivity contribution < 1.29 is 9.53 Å². The maximum atomic E-state index is 12.7. The molecule has 1 aliphatic heterocycles. The highest BCUT2D eigenvalue weighted by molar-refractivity contribution is 5.85. The number of hydrogen-bond donors (Lipinski definition) is 0. The van der Waals surface area contributed by atoms with Gasteiger partial charge in [0.15, 0.2) is 0 Å². The van der Waals surface area contributed by atoms with Gasteiger partial charge in [-0.2, -0.15) is 0 Å². The van der Waals surface area contributed by atoms with Crippen LogP contribution in [-0.2, 0) is 9.53 Å². The largest absolute Gasteiger partial charge is 0.464 e. The Morgan fingerprint density at radius 1 is 1.17 bits per heavy atom. The summed E-state index contributed by atoms with van der Waals surface area (Å²) in [6.07, 6.45) is 7.32. The molecule has 1 aliphatic carbocycles. The van der Waals surface area contributed by atoms with Crippen molar-refractivity contribution in [1.82, 2.24) is 4.90 Å². The van der Waals surface area contributed by atoms with Gasteiger partial charge in [0.25, 0.3) is 0 Å². The van der Waals surface area contributed by atoms with Crippen LogP contribution in [0.25, 0.3) is 0 Å². The van der Waals surface area contributed by atoms with Gasteiger partial charge in [-0.1, -0.05) is 43.2 Å². The van der Waals surface area contributed by atoms with E-state index in [1.807, 2.05) is 18.2 Å². The van der Waals surface area contributed by atoms with Gasteiger partial charge in [0.05, 0.1) is 5.92 Å². The lowest BCUT2D eigenvalue weighted by molar-refractivity contribution is -0.147. The van der Waals surface area contributed by atoms with Crippen molar-refractivity contribution >= 4 is 18.4 Å². The lowest BCUT2D eigenvalue weighted by atomic mass is 9.85. The molecular weight excluding hydrogens is 322 g/mol. The summed E-state index contributed by atoms with van der Waals surface area (Å²) < 4.78 is 5.70. The third-order valence-electron chi connectivity index (χ3n) is 5.60. The van der Waals surface area contributed by atoms with Crippen LogP contribution in [0.5, 0.6) is 0 Å². The summed E-state index contributed by atoms with van der Waals surface area (Å²) in [5.41, 5.74) is 1.12. The van der Waals surface area contributed by atoms with Gasteiger partial charge in [-0.25, -0.2) is 0 Å². The maximum absolute atomic E-state index is 12.7. The first kappa shape index (κ1) is 19.3. The van der Waals surface area contributed by atoms with Crippen molar-refractivity contribution in [3.05, 3.63) is 35.9 Å². The minimum Gasteiger partial charge on any atom is -0.464 e. The van der Waals surface area contributed by atoms with Crippen molar-refractivity contribution in [2.75, 3.05) is 19.7 Å². The van der Waals surface area contributed by atoms with Crippen molar-refractivity contribution in [2.24, 2.45) is 5.92 Å². The molecule has 0 radical (unpaired) electrons. The molecule has 2 aliphatic rings. The van der Waals surface area contributed by atoms with Crippen LogP contribution < -0.4 is 0 Å². The standard InChI is InChI=1S/C20H29NO2.ClH/c1-16-8-7-13-21(16)14-15-23-20(22)19(18-11-5-6-12-18)17-9-3-2-4-10-17;/h2-4,9-10,16,18-19H,5-8,11-15H2,1H3;1H. The second-order valence-electron chi connectivity index (χ2n) is 7.13. The Balaban J connectivity index is 0.00000208. The van der Waals surface area contributed by atoms with Gasteiger partial charge in [-0.15, -0.1) is 12.4 Å². The molecule has 0 bridgehead atoms. The third-order valence-corrected chi connectivity index (χ3v) is 5.60. The smallest absolute Gasteiger partial charge is 0.313 e. The van der Waals surface area contributed by atoms with Gasteiger partial charge >= 0.3 is 5.97 Å². The second kappa shape index (κ2) is 9.43. The summed E-state index contributed by atoms with van der Waals surface area (Å²) in [6, 6.07) is 10.8. The van der Waals surface area contributed by atoms with Gasteiger partial charge in [-0.3, -0.25) is 9.69 Å². The summed E-state index contributed by atoms with van der Waals surface area (Å²) in [4.78, 5) is 15.2. The Bertz CT molecular complexity index is 502. The van der Waals surface area contributed by atoms with Crippen molar-refractivity contribution in [1.29, 1.82) is 0 Å². The molecule has 2 unspecified atom stereocenters. The van der Waals surface area contributed by atoms with Crippen molar-refractivity contribution in [3.63, 3.8) is 0 Å². The molecule has 3 nitrogen and oxygen atoms in total. The number of halogens is 1. The van der Waals surface area contributed by atoms with E-state index in [2.05, 4.69) is 24.0 Å². The number of carbonyl (C=O) groups excluding carboxylic acids is 1. The van der Waals surface area contributed by atoms with Crippen molar-refractivity contribution in [3.8, 4) is 0 Å². The molecule has 0 amide bonds. The SMILES string of the molecule is CC1CCCN1CCOC(=O)C(c1ccccc1)C1CCCC1.Cl. The summed E-state index contributed by atoms with van der Waals surface area (Å²) in [5, 5.41) is 0. The number of ether oxygens (including phenoxy) is 1. The van der Waals surface area contributed by atoms with Crippen molar-refractivity contribution in [2.45, 2.75) is 57.4 Å². The lowest BCUT2D eigenvalue weighted by Gasteiger charge is -2.24. The molecule has 0 spiro atoms. The van der Waals surface area contributed by atoms with Crippen LogP contribution in [-0.4, -0.2) is 36.6 Å². The quantitative estimate of drug-likeness (QED) is 0.711. The molecule has 3 rings (SSSR count). The highest BCUT2D eigenvalue weighted by Crippen LogP contribution is 2.38. The fraction of sp³-hybridized carbons (Fsp3) is 0.650. The lowest BCUT2D eigenvalue weighted by Crippen LogP contribution is -2.32. The van der Waals surface area contributed by atoms with E-state index in [0.717, 1.165) is 31.5 Å². The topological polar surface area (TPSA) is 29.5 Å². The molecule has 0 N–H and O–H groups in total. The average molecular weight is 352 g/mol. The Labute approximate surface area is 152 Å². The summed E-state index contributed by atoms with van der Waals surface area (Å²) in [7, 11) is 0. The highest BCUT2D eigenvalue weighted by atomic mass is 35.5. The van der Waals surface area contributed by atoms with E-state index in [1.165, 1.54) is 25.7 Å². The monoisotopic (exact) mass is 351 g/mol. The molecule has 0 aromatic heterocycles. The second-order valence-corrected chi connectivity index (χ2v) is 7.13. The summed E-state index contributed by atoms with van der Waals surface area (Å²) in [5.74, 6) is 0.361. The number of hydrogen-bond acceptors (Lipinski definition) is 3. The summed E-state index contributed by atoms with van der Waals surface area (Å²) in [6.45, 7) is 4.81. The number of likely N-dealkylation sites (tertiary alicyclic amines) is 1. The number of nitrogens with zero attached hydrogens (tertiary/aromatic N) is 1. The van der Waals surface area contributed by atoms with Gasteiger partial charge in [-0.05, 0) is 50.6 Å². The van der Waals surface area contributed by atoms with Crippen LogP contribution in [0.3, 0.4) is 0 Å². The van der Waals surface area contributed by atoms with Crippen LogP contribution in [0.4, 0.5) is 0 Å². The van der Waals surface area contributed by atoms with Gasteiger partial charge in [0.1, 0.15) is 6.61 Å². The molecule has 134 valence electrons. The van der Waals surface area contributed by atoms with Gasteiger partial charge < -0.3 is 4.74 Å². The average Bonchev–Trinajstić information content (AvgIpc) is 3.21. The zero-order valence-electron chi connectivity index (χ0n) is 14.7. The van der Waals surface area contributed by atoms with E-state index in [1.54, 1.807) is 0 Å². The van der Waals surface area contributed by atoms with E-state index < -0.39 is 0 Å². The molecule has 1 saturated carbocycles. The predicted octanol–water partition coefficient (Wildman–Crippen LogP) is 4.41. The minimum absolute atomic E-state index is 0. The Kier molecular flexibility index (Phi) is 7.57. The number of rotatable bonds is 6. The van der Waals surface area contributed by atoms with Crippen LogP contribution in [0.15, 0.2) is 30.3 Å². The van der Waals surface area contributed by atoms with E-state index in [-0.39, 0.29) is 24.3 Å². The number of carbonyl (C=O) groups is 1. The highest BCUT2D eigenvalue weighted by Gasteiger charge is 2.33. The van der Waals surface area contributed by atoms with Gasteiger partial charge in [0, 0.05) is 12.6 Å². The fourth-order valence-corrected chi connectivity index (χ4v) is 4.23. The molecule has 24 heavy (non-hydrogen) atoms.